The Morgan fingerprint density at radius 2 is 0.592 bits per heavy atom. The van der Waals surface area contributed by atoms with Gasteiger partial charge in [-0.15, -0.1) is 0 Å². The Hall–Kier alpha value is -5.44. The lowest BCUT2D eigenvalue weighted by atomic mass is 9.93. The number of ether oxygens (including phenoxy) is 4. The van der Waals surface area contributed by atoms with Gasteiger partial charge in [0.2, 0.25) is 0 Å². The fourth-order valence-corrected chi connectivity index (χ4v) is 1.39. The van der Waals surface area contributed by atoms with E-state index >= 15 is 0 Å². The number of esters is 4. The van der Waals surface area contributed by atoms with E-state index in [0.29, 0.717) is 0 Å². The van der Waals surface area contributed by atoms with Gasteiger partial charge in [0, 0.05) is 24.3 Å². The monoisotopic (exact) mass is 712 g/mol. The molecule has 0 fully saturated rings. The third-order valence-corrected chi connectivity index (χ3v) is 4.57. The molecular weight excluding hydrogens is 668 g/mol. The third kappa shape index (κ3) is 32.3. The van der Waals surface area contributed by atoms with Gasteiger partial charge in [-0.05, 0) is 27.7 Å². The summed E-state index contributed by atoms with van der Waals surface area (Å²) < 4.78 is 17.2. The van der Waals surface area contributed by atoms with E-state index in [4.69, 9.17) is 40.9 Å². The summed E-state index contributed by atoms with van der Waals surface area (Å²) in [7, 11) is 0. The van der Waals surface area contributed by atoms with Crippen molar-refractivity contribution < 1.29 is 98.2 Å². The number of carboxylic acid groups (broad SMARTS) is 4. The average molecular weight is 713 g/mol. The topological polar surface area (TPSA) is 335 Å². The first-order valence-electron chi connectivity index (χ1n) is 13.2. The summed E-state index contributed by atoms with van der Waals surface area (Å²) in [5, 5.41) is 66.8. The molecule has 0 rings (SSSR count). The fraction of sp³-hybridized carbons (Fsp3) is 0.448. The van der Waals surface area contributed by atoms with Crippen molar-refractivity contribution in [2.75, 3.05) is 26.4 Å². The minimum Gasteiger partial charge on any atom is -0.479 e. The molecule has 8 N–H and O–H groups in total. The molecule has 0 aromatic heterocycles. The standard InChI is InChI=1S/4C6H8O4.C5H12O4/c4*1-3-5(7)10-4(2)6(8)9;6-1-5(2-7,3-8)4-9/h4*3-4H,1H2,2H3,(H,8,9);6-9H,1-4H2. The van der Waals surface area contributed by atoms with Crippen LogP contribution in [-0.4, -0.2) is 139 Å². The highest BCUT2D eigenvalue weighted by Crippen LogP contribution is 2.11. The van der Waals surface area contributed by atoms with Gasteiger partial charge in [-0.2, -0.15) is 0 Å². The normalized spacial score (nSPS) is 11.8. The molecule has 0 aliphatic heterocycles. The minimum atomic E-state index is -1.17. The second-order valence-electron chi connectivity index (χ2n) is 8.62. The maximum Gasteiger partial charge on any atom is 0.344 e. The van der Waals surface area contributed by atoms with Crippen molar-refractivity contribution in [1.29, 1.82) is 0 Å². The van der Waals surface area contributed by atoms with E-state index in [1.54, 1.807) is 0 Å². The molecule has 4 unspecified atom stereocenters. The summed E-state index contributed by atoms with van der Waals surface area (Å²) in [5.74, 6) is -7.59. The van der Waals surface area contributed by atoms with Gasteiger partial charge >= 0.3 is 47.8 Å². The first kappa shape index (κ1) is 53.1. The van der Waals surface area contributed by atoms with Crippen LogP contribution >= 0.6 is 0 Å². The van der Waals surface area contributed by atoms with E-state index < -0.39 is 104 Å². The molecular formula is C29H44O20. The van der Waals surface area contributed by atoms with Gasteiger partial charge in [-0.1, -0.05) is 26.3 Å². The molecule has 0 radical (unpaired) electrons. The zero-order valence-corrected chi connectivity index (χ0v) is 27.3. The van der Waals surface area contributed by atoms with Crippen LogP contribution in [0.25, 0.3) is 0 Å². The Balaban J connectivity index is -0.000000165. The lowest BCUT2D eigenvalue weighted by Gasteiger charge is -2.23. The summed E-state index contributed by atoms with van der Waals surface area (Å²) >= 11 is 0. The number of carbonyl (C=O) groups is 8. The quantitative estimate of drug-likeness (QED) is 0.0523. The summed E-state index contributed by atoms with van der Waals surface area (Å²) in [6.07, 6.45) is -0.760. The fourth-order valence-electron chi connectivity index (χ4n) is 1.39. The number of carboxylic acids is 4. The molecule has 4 atom stereocenters. The van der Waals surface area contributed by atoms with E-state index in [9.17, 15) is 38.4 Å². The molecule has 0 aromatic rings. The summed E-state index contributed by atoms with van der Waals surface area (Å²) in [4.78, 5) is 81.4. The van der Waals surface area contributed by atoms with E-state index in [2.05, 4.69) is 45.3 Å². The Labute approximate surface area is 280 Å². The predicted molar refractivity (Wildman–Crippen MR) is 164 cm³/mol. The Morgan fingerprint density at radius 3 is 0.653 bits per heavy atom. The van der Waals surface area contributed by atoms with Gasteiger partial charge in [0.15, 0.2) is 24.4 Å². The average Bonchev–Trinajstić information content (AvgIpc) is 3.06. The number of aliphatic hydroxyl groups excluding tert-OH is 4. The van der Waals surface area contributed by atoms with E-state index in [1.807, 2.05) is 0 Å². The van der Waals surface area contributed by atoms with Crippen molar-refractivity contribution in [3.63, 3.8) is 0 Å². The molecule has 0 aliphatic rings. The largest absolute Gasteiger partial charge is 0.479 e. The molecule has 0 heterocycles. The summed E-state index contributed by atoms with van der Waals surface area (Å²) in [5.41, 5.74) is -1.11. The molecule has 0 saturated heterocycles. The smallest absolute Gasteiger partial charge is 0.344 e. The SMILES string of the molecule is C=CC(=O)OC(C)C(=O)O.C=CC(=O)OC(C)C(=O)O.C=CC(=O)OC(C)C(=O)O.C=CC(=O)OC(C)C(=O)O.OCC(CO)(CO)CO. The van der Waals surface area contributed by atoms with Crippen LogP contribution in [-0.2, 0) is 57.3 Å². The van der Waals surface area contributed by atoms with Crippen LogP contribution in [0, 0.1) is 5.41 Å². The van der Waals surface area contributed by atoms with Gasteiger partial charge in [0.1, 0.15) is 0 Å². The number of carbonyl (C=O) groups excluding carboxylic acids is 4. The Bertz CT molecular complexity index is 938. The molecule has 0 bridgehead atoms. The van der Waals surface area contributed by atoms with Crippen molar-refractivity contribution >= 4 is 47.8 Å². The molecule has 0 saturated carbocycles. The van der Waals surface area contributed by atoms with Crippen LogP contribution in [0.3, 0.4) is 0 Å². The lowest BCUT2D eigenvalue weighted by Crippen LogP contribution is -2.37. The Kier molecular flexibility index (Phi) is 33.8. The van der Waals surface area contributed by atoms with Crippen molar-refractivity contribution in [2.45, 2.75) is 52.1 Å². The number of aliphatic hydroxyl groups is 4. The number of hydrogen-bond acceptors (Lipinski definition) is 16. The van der Waals surface area contributed by atoms with Gasteiger partial charge in [-0.25, -0.2) is 38.4 Å². The zero-order valence-electron chi connectivity index (χ0n) is 27.3. The Morgan fingerprint density at radius 1 is 0.449 bits per heavy atom. The van der Waals surface area contributed by atoms with Crippen LogP contribution in [0.5, 0.6) is 0 Å². The van der Waals surface area contributed by atoms with E-state index in [0.717, 1.165) is 24.3 Å². The molecule has 20 nitrogen and oxygen atoms in total. The van der Waals surface area contributed by atoms with Crippen LogP contribution in [0.1, 0.15) is 27.7 Å². The van der Waals surface area contributed by atoms with Crippen LogP contribution < -0.4 is 0 Å². The van der Waals surface area contributed by atoms with Crippen molar-refractivity contribution in [1.82, 2.24) is 0 Å². The maximum atomic E-state index is 10.3. The summed E-state index contributed by atoms with van der Waals surface area (Å²) in [6.45, 7) is 15.9. The molecule has 0 aliphatic carbocycles. The molecule has 280 valence electrons. The highest BCUT2D eigenvalue weighted by atomic mass is 16.6. The second kappa shape index (κ2) is 31.2. The van der Waals surface area contributed by atoms with Gasteiger partial charge in [0.25, 0.3) is 0 Å². The molecule has 49 heavy (non-hydrogen) atoms. The van der Waals surface area contributed by atoms with Crippen molar-refractivity contribution in [3.8, 4) is 0 Å². The predicted octanol–water partition coefficient (Wildman–Crippen LogP) is -1.30. The molecule has 0 aromatic carbocycles. The molecule has 20 heteroatoms. The number of hydrogen-bond donors (Lipinski definition) is 8. The highest BCUT2D eigenvalue weighted by molar-refractivity contribution is 5.86. The van der Waals surface area contributed by atoms with E-state index in [-0.39, 0.29) is 0 Å². The van der Waals surface area contributed by atoms with Gasteiger partial charge in [-0.3, -0.25) is 0 Å². The maximum absolute atomic E-state index is 10.3. The first-order chi connectivity index (χ1) is 22.5. The number of aliphatic carboxylic acids is 4. The lowest BCUT2D eigenvalue weighted by molar-refractivity contribution is -0.159. The molecule has 0 spiro atoms. The van der Waals surface area contributed by atoms with Crippen LogP contribution in [0.15, 0.2) is 50.6 Å². The van der Waals surface area contributed by atoms with Crippen LogP contribution in [0.4, 0.5) is 0 Å². The van der Waals surface area contributed by atoms with Crippen LogP contribution in [0.2, 0.25) is 0 Å². The highest BCUT2D eigenvalue weighted by Gasteiger charge is 2.26. The van der Waals surface area contributed by atoms with E-state index in [1.165, 1.54) is 27.7 Å². The summed E-state index contributed by atoms with van der Waals surface area (Å²) in [6, 6.07) is 0. The number of rotatable bonds is 16. The third-order valence-electron chi connectivity index (χ3n) is 4.57. The zero-order chi connectivity index (χ0) is 39.9. The van der Waals surface area contributed by atoms with Gasteiger partial charge < -0.3 is 59.8 Å². The van der Waals surface area contributed by atoms with Gasteiger partial charge in [0.05, 0.1) is 31.8 Å². The minimum absolute atomic E-state index is 0.406. The van der Waals surface area contributed by atoms with Crippen molar-refractivity contribution in [3.05, 3.63) is 50.6 Å². The second-order valence-corrected chi connectivity index (χ2v) is 8.62. The first-order valence-corrected chi connectivity index (χ1v) is 13.2. The van der Waals surface area contributed by atoms with Crippen molar-refractivity contribution in [2.24, 2.45) is 5.41 Å². The molecule has 0 amide bonds.